The van der Waals surface area contributed by atoms with Crippen LogP contribution in [0, 0.1) is 12.3 Å². The van der Waals surface area contributed by atoms with Gasteiger partial charge in [-0.1, -0.05) is 6.07 Å². The Balaban J connectivity index is 2.83. The van der Waals surface area contributed by atoms with Gasteiger partial charge in [-0.25, -0.2) is 0 Å². The molecule has 2 heteroatoms. The zero-order valence-corrected chi connectivity index (χ0v) is 7.19. The first-order chi connectivity index (χ1) is 5.17. The SMILES string of the molecule is C#CC[C@@](C)(O)c1cccs1. The van der Waals surface area contributed by atoms with Gasteiger partial charge in [-0.05, 0) is 18.4 Å². The van der Waals surface area contributed by atoms with Gasteiger partial charge in [0.15, 0.2) is 0 Å². The zero-order chi connectivity index (χ0) is 8.32. The van der Waals surface area contributed by atoms with Crippen molar-refractivity contribution in [2.45, 2.75) is 18.9 Å². The van der Waals surface area contributed by atoms with Crippen molar-refractivity contribution in [1.29, 1.82) is 0 Å². The van der Waals surface area contributed by atoms with Gasteiger partial charge >= 0.3 is 0 Å². The normalized spacial score (nSPS) is 15.4. The minimum atomic E-state index is -0.844. The lowest BCUT2D eigenvalue weighted by Gasteiger charge is -2.17. The van der Waals surface area contributed by atoms with Crippen LogP contribution in [0.1, 0.15) is 18.2 Å². The second-order valence-electron chi connectivity index (χ2n) is 2.63. The van der Waals surface area contributed by atoms with Crippen LogP contribution in [0.5, 0.6) is 0 Å². The van der Waals surface area contributed by atoms with E-state index in [0.717, 1.165) is 4.88 Å². The first-order valence-electron chi connectivity index (χ1n) is 3.36. The van der Waals surface area contributed by atoms with Crippen LogP contribution in [0.3, 0.4) is 0 Å². The average molecular weight is 166 g/mol. The fourth-order valence-electron chi connectivity index (χ4n) is 0.871. The smallest absolute Gasteiger partial charge is 0.107 e. The molecule has 0 unspecified atom stereocenters. The molecular formula is C9H10OS. The Kier molecular flexibility index (Phi) is 2.33. The molecule has 1 N–H and O–H groups in total. The minimum absolute atomic E-state index is 0.369. The summed E-state index contributed by atoms with van der Waals surface area (Å²) in [7, 11) is 0. The molecule has 11 heavy (non-hydrogen) atoms. The van der Waals surface area contributed by atoms with Gasteiger partial charge in [-0.15, -0.1) is 23.7 Å². The predicted octanol–water partition coefficient (Wildman–Crippen LogP) is 1.98. The molecule has 0 fully saturated rings. The summed E-state index contributed by atoms with van der Waals surface area (Å²) >= 11 is 1.52. The van der Waals surface area contributed by atoms with E-state index in [1.54, 1.807) is 6.92 Å². The summed E-state index contributed by atoms with van der Waals surface area (Å²) < 4.78 is 0. The van der Waals surface area contributed by atoms with Crippen molar-refractivity contribution in [3.63, 3.8) is 0 Å². The van der Waals surface area contributed by atoms with Gasteiger partial charge in [0.2, 0.25) is 0 Å². The summed E-state index contributed by atoms with van der Waals surface area (Å²) in [5.74, 6) is 2.45. The lowest BCUT2D eigenvalue weighted by molar-refractivity contribution is 0.0669. The topological polar surface area (TPSA) is 20.2 Å². The monoisotopic (exact) mass is 166 g/mol. The Morgan fingerprint density at radius 3 is 3.00 bits per heavy atom. The van der Waals surface area contributed by atoms with Gasteiger partial charge in [-0.2, -0.15) is 0 Å². The van der Waals surface area contributed by atoms with Crippen molar-refractivity contribution < 1.29 is 5.11 Å². The van der Waals surface area contributed by atoms with Crippen LogP contribution in [-0.2, 0) is 5.60 Å². The van der Waals surface area contributed by atoms with Gasteiger partial charge < -0.3 is 5.11 Å². The molecule has 0 saturated heterocycles. The van der Waals surface area contributed by atoms with E-state index in [2.05, 4.69) is 5.92 Å². The Labute approximate surface area is 70.7 Å². The van der Waals surface area contributed by atoms with Gasteiger partial charge in [0.1, 0.15) is 5.60 Å². The van der Waals surface area contributed by atoms with Crippen LogP contribution in [0.4, 0.5) is 0 Å². The van der Waals surface area contributed by atoms with E-state index >= 15 is 0 Å². The maximum Gasteiger partial charge on any atom is 0.107 e. The Morgan fingerprint density at radius 1 is 1.82 bits per heavy atom. The molecule has 0 aliphatic heterocycles. The standard InChI is InChI=1S/C9H10OS/c1-3-6-9(2,10)8-5-4-7-11-8/h1,4-5,7,10H,6H2,2H3/t9-/m1/s1. The van der Waals surface area contributed by atoms with Crippen LogP contribution in [0.25, 0.3) is 0 Å². The summed E-state index contributed by atoms with van der Waals surface area (Å²) in [5.41, 5.74) is -0.844. The third-order valence-electron chi connectivity index (χ3n) is 1.50. The molecule has 1 nitrogen and oxygen atoms in total. The highest BCUT2D eigenvalue weighted by Crippen LogP contribution is 2.27. The summed E-state index contributed by atoms with van der Waals surface area (Å²) in [5, 5.41) is 11.7. The third-order valence-corrected chi connectivity index (χ3v) is 2.62. The van der Waals surface area contributed by atoms with Crippen molar-refractivity contribution in [3.05, 3.63) is 22.4 Å². The lowest BCUT2D eigenvalue weighted by atomic mass is 10.0. The third kappa shape index (κ3) is 1.83. The average Bonchev–Trinajstić information content (AvgIpc) is 2.37. The molecule has 0 saturated carbocycles. The Bertz CT molecular complexity index is 254. The molecule has 1 atom stereocenters. The van der Waals surface area contributed by atoms with Crippen molar-refractivity contribution in [3.8, 4) is 12.3 Å². The molecule has 1 rings (SSSR count). The predicted molar refractivity (Wildman–Crippen MR) is 47.3 cm³/mol. The molecule has 58 valence electrons. The fourth-order valence-corrected chi connectivity index (χ4v) is 1.66. The summed E-state index contributed by atoms with van der Waals surface area (Å²) in [6, 6.07) is 3.80. The Morgan fingerprint density at radius 2 is 2.55 bits per heavy atom. The summed E-state index contributed by atoms with van der Waals surface area (Å²) in [4.78, 5) is 0.926. The molecule has 1 aromatic heterocycles. The molecular weight excluding hydrogens is 156 g/mol. The summed E-state index contributed by atoms with van der Waals surface area (Å²) in [6.45, 7) is 1.73. The molecule has 0 aliphatic rings. The number of rotatable bonds is 2. The molecule has 1 heterocycles. The molecule has 0 spiro atoms. The van der Waals surface area contributed by atoms with Crippen LogP contribution < -0.4 is 0 Å². The second kappa shape index (κ2) is 3.08. The van der Waals surface area contributed by atoms with Crippen molar-refractivity contribution in [2.24, 2.45) is 0 Å². The van der Waals surface area contributed by atoms with Crippen LogP contribution in [-0.4, -0.2) is 5.11 Å². The molecule has 0 aliphatic carbocycles. The number of aliphatic hydroxyl groups is 1. The highest BCUT2D eigenvalue weighted by Gasteiger charge is 2.22. The second-order valence-corrected chi connectivity index (χ2v) is 3.58. The zero-order valence-electron chi connectivity index (χ0n) is 6.37. The highest BCUT2D eigenvalue weighted by molar-refractivity contribution is 7.10. The van der Waals surface area contributed by atoms with E-state index in [1.807, 2.05) is 17.5 Å². The number of hydrogen-bond donors (Lipinski definition) is 1. The van der Waals surface area contributed by atoms with E-state index in [-0.39, 0.29) is 0 Å². The molecule has 0 radical (unpaired) electrons. The largest absolute Gasteiger partial charge is 0.384 e. The van der Waals surface area contributed by atoms with E-state index in [4.69, 9.17) is 6.42 Å². The minimum Gasteiger partial charge on any atom is -0.384 e. The van der Waals surface area contributed by atoms with Crippen molar-refractivity contribution in [1.82, 2.24) is 0 Å². The van der Waals surface area contributed by atoms with E-state index in [0.29, 0.717) is 6.42 Å². The molecule has 0 aromatic carbocycles. The van der Waals surface area contributed by atoms with Crippen molar-refractivity contribution in [2.75, 3.05) is 0 Å². The Hall–Kier alpha value is -0.780. The first-order valence-corrected chi connectivity index (χ1v) is 4.24. The van der Waals surface area contributed by atoms with Crippen LogP contribution in [0.2, 0.25) is 0 Å². The van der Waals surface area contributed by atoms with Crippen molar-refractivity contribution >= 4 is 11.3 Å². The van der Waals surface area contributed by atoms with Gasteiger partial charge in [-0.3, -0.25) is 0 Å². The lowest BCUT2D eigenvalue weighted by Crippen LogP contribution is -2.18. The number of thiophene rings is 1. The van der Waals surface area contributed by atoms with Gasteiger partial charge in [0.25, 0.3) is 0 Å². The quantitative estimate of drug-likeness (QED) is 0.666. The fraction of sp³-hybridized carbons (Fsp3) is 0.333. The van der Waals surface area contributed by atoms with E-state index in [9.17, 15) is 5.11 Å². The van der Waals surface area contributed by atoms with Gasteiger partial charge in [0, 0.05) is 11.3 Å². The summed E-state index contributed by atoms with van der Waals surface area (Å²) in [6.07, 6.45) is 5.48. The van der Waals surface area contributed by atoms with Crippen LogP contribution >= 0.6 is 11.3 Å². The molecule has 0 amide bonds. The molecule has 0 bridgehead atoms. The molecule has 1 aromatic rings. The maximum atomic E-state index is 9.74. The number of hydrogen-bond acceptors (Lipinski definition) is 2. The van der Waals surface area contributed by atoms with Gasteiger partial charge in [0.05, 0.1) is 0 Å². The first kappa shape index (κ1) is 8.32. The van der Waals surface area contributed by atoms with E-state index < -0.39 is 5.60 Å². The highest BCUT2D eigenvalue weighted by atomic mass is 32.1. The number of terminal acetylenes is 1. The van der Waals surface area contributed by atoms with Crippen LogP contribution in [0.15, 0.2) is 17.5 Å². The maximum absolute atomic E-state index is 9.74. The van der Waals surface area contributed by atoms with E-state index in [1.165, 1.54) is 11.3 Å².